The first-order chi connectivity index (χ1) is 3.56. The summed E-state index contributed by atoms with van der Waals surface area (Å²) in [6.45, 7) is 8.02. The van der Waals surface area contributed by atoms with Gasteiger partial charge in [-0.1, -0.05) is 33.6 Å². The predicted molar refractivity (Wildman–Crippen MR) is 42.3 cm³/mol. The predicted octanol–water partition coefficient (Wildman–Crippen LogP) is 2.70. The lowest BCUT2D eigenvalue weighted by Crippen LogP contribution is -2.08. The maximum Gasteiger partial charge on any atom is 0.00731 e. The quantitative estimate of drug-likeness (QED) is 0.559. The van der Waals surface area contributed by atoms with Crippen LogP contribution in [0.1, 0.15) is 33.1 Å². The smallest absolute Gasteiger partial charge is 0.00731 e. The minimum atomic E-state index is 0.206. The van der Waals surface area contributed by atoms with E-state index in [-0.39, 0.29) is 4.75 Å². The third-order valence-electron chi connectivity index (χ3n) is 1.04. The Morgan fingerprint density at radius 2 is 2.00 bits per heavy atom. The molecule has 0 unspecified atom stereocenters. The van der Waals surface area contributed by atoms with E-state index in [4.69, 9.17) is 0 Å². The van der Waals surface area contributed by atoms with Crippen LogP contribution in [0.25, 0.3) is 0 Å². The van der Waals surface area contributed by atoms with Crippen LogP contribution in [0, 0.1) is 6.92 Å². The normalized spacial score (nSPS) is 12.0. The molecule has 0 aromatic rings. The minimum Gasteiger partial charge on any atom is -0.173 e. The van der Waals surface area contributed by atoms with Gasteiger partial charge in [0.25, 0.3) is 0 Å². The first-order valence-electron chi connectivity index (χ1n) is 3.08. The molecule has 0 aromatic carbocycles. The molecule has 0 nitrogen and oxygen atoms in total. The maximum absolute atomic E-state index is 4.36. The summed E-state index contributed by atoms with van der Waals surface area (Å²) in [4.78, 5) is 0. The largest absolute Gasteiger partial charge is 0.173 e. The Morgan fingerprint density at radius 1 is 1.50 bits per heavy atom. The summed E-state index contributed by atoms with van der Waals surface area (Å²) in [7, 11) is 0. The van der Waals surface area contributed by atoms with Crippen LogP contribution in [0.2, 0.25) is 0 Å². The van der Waals surface area contributed by atoms with Gasteiger partial charge in [0.15, 0.2) is 0 Å². The van der Waals surface area contributed by atoms with Gasteiger partial charge < -0.3 is 0 Å². The van der Waals surface area contributed by atoms with E-state index in [9.17, 15) is 0 Å². The molecule has 0 heterocycles. The lowest BCUT2D eigenvalue weighted by Gasteiger charge is -2.15. The zero-order valence-electron chi connectivity index (χ0n) is 5.78. The number of hydrogen-bond acceptors (Lipinski definition) is 1. The van der Waals surface area contributed by atoms with Crippen molar-refractivity contribution in [2.45, 2.75) is 37.9 Å². The topological polar surface area (TPSA) is 0 Å². The summed E-state index contributed by atoms with van der Waals surface area (Å²) in [5, 5.41) is 0. The van der Waals surface area contributed by atoms with Crippen LogP contribution >= 0.6 is 12.6 Å². The average molecular weight is 131 g/mol. The molecule has 8 heavy (non-hydrogen) atoms. The second-order valence-electron chi connectivity index (χ2n) is 2.77. The molecule has 0 aromatic heterocycles. The number of rotatable bonds is 3. The van der Waals surface area contributed by atoms with Crippen molar-refractivity contribution in [2.24, 2.45) is 0 Å². The van der Waals surface area contributed by atoms with Crippen molar-refractivity contribution in [3.63, 3.8) is 0 Å². The van der Waals surface area contributed by atoms with Crippen LogP contribution in [-0.4, -0.2) is 4.75 Å². The van der Waals surface area contributed by atoms with Gasteiger partial charge in [-0.05, 0) is 6.42 Å². The van der Waals surface area contributed by atoms with Crippen molar-refractivity contribution in [3.05, 3.63) is 6.92 Å². The van der Waals surface area contributed by atoms with E-state index >= 15 is 0 Å². The second-order valence-corrected chi connectivity index (χ2v) is 3.98. The summed E-state index contributed by atoms with van der Waals surface area (Å²) in [6.07, 6.45) is 3.39. The Morgan fingerprint density at radius 3 is 2.12 bits per heavy atom. The van der Waals surface area contributed by atoms with Gasteiger partial charge in [-0.2, -0.15) is 12.6 Å². The lowest BCUT2D eigenvalue weighted by molar-refractivity contribution is 0.610. The van der Waals surface area contributed by atoms with Gasteiger partial charge in [0, 0.05) is 4.75 Å². The van der Waals surface area contributed by atoms with Crippen molar-refractivity contribution >= 4 is 12.6 Å². The Balaban J connectivity index is 3.11. The van der Waals surface area contributed by atoms with Gasteiger partial charge in [-0.15, -0.1) is 0 Å². The summed E-state index contributed by atoms with van der Waals surface area (Å²) >= 11 is 4.36. The van der Waals surface area contributed by atoms with E-state index in [1.54, 1.807) is 0 Å². The highest BCUT2D eigenvalue weighted by Crippen LogP contribution is 2.19. The third-order valence-corrected chi connectivity index (χ3v) is 1.26. The summed E-state index contributed by atoms with van der Waals surface area (Å²) in [5.74, 6) is 0. The highest BCUT2D eigenvalue weighted by Gasteiger charge is 2.08. The first-order valence-corrected chi connectivity index (χ1v) is 3.52. The summed E-state index contributed by atoms with van der Waals surface area (Å²) in [6, 6.07) is 0. The minimum absolute atomic E-state index is 0.206. The molecular formula is C7H15S. The standard InChI is InChI=1S/C7H15S/c1-4-5-6-7(2,3)8/h8H,1,4-6H2,2-3H3. The van der Waals surface area contributed by atoms with Crippen molar-refractivity contribution in [1.82, 2.24) is 0 Å². The van der Waals surface area contributed by atoms with Crippen LogP contribution in [0.4, 0.5) is 0 Å². The van der Waals surface area contributed by atoms with Crippen LogP contribution in [0.5, 0.6) is 0 Å². The molecule has 49 valence electrons. The van der Waals surface area contributed by atoms with Gasteiger partial charge in [0.2, 0.25) is 0 Å². The fourth-order valence-corrected chi connectivity index (χ4v) is 0.716. The van der Waals surface area contributed by atoms with Crippen molar-refractivity contribution in [2.75, 3.05) is 0 Å². The molecule has 0 bridgehead atoms. The molecule has 0 spiro atoms. The van der Waals surface area contributed by atoms with Crippen LogP contribution < -0.4 is 0 Å². The molecule has 0 amide bonds. The van der Waals surface area contributed by atoms with Crippen LogP contribution in [0.15, 0.2) is 0 Å². The molecule has 1 heteroatoms. The van der Waals surface area contributed by atoms with Crippen molar-refractivity contribution in [1.29, 1.82) is 0 Å². The molecule has 1 radical (unpaired) electrons. The molecule has 0 aliphatic rings. The average Bonchev–Trinajstić information content (AvgIpc) is 1.59. The van der Waals surface area contributed by atoms with E-state index < -0.39 is 0 Å². The fourth-order valence-electron chi connectivity index (χ4n) is 0.558. The Kier molecular flexibility index (Phi) is 3.54. The number of hydrogen-bond donors (Lipinski definition) is 1. The molecule has 0 saturated carbocycles. The van der Waals surface area contributed by atoms with Crippen molar-refractivity contribution < 1.29 is 0 Å². The SMILES string of the molecule is [CH2]CCCC(C)(C)S. The van der Waals surface area contributed by atoms with Crippen LogP contribution in [-0.2, 0) is 0 Å². The van der Waals surface area contributed by atoms with E-state index in [2.05, 4.69) is 33.4 Å². The number of unbranched alkanes of at least 4 members (excludes halogenated alkanes) is 1. The molecule has 0 saturated heterocycles. The molecule has 0 aliphatic carbocycles. The number of thiol groups is 1. The van der Waals surface area contributed by atoms with E-state index in [1.165, 1.54) is 12.8 Å². The zero-order chi connectivity index (χ0) is 6.62. The Labute approximate surface area is 58.1 Å². The monoisotopic (exact) mass is 131 g/mol. The third kappa shape index (κ3) is 6.35. The molecule has 0 atom stereocenters. The van der Waals surface area contributed by atoms with Gasteiger partial charge in [-0.3, -0.25) is 0 Å². The second kappa shape index (κ2) is 3.39. The maximum atomic E-state index is 4.36. The summed E-state index contributed by atoms with van der Waals surface area (Å²) in [5.41, 5.74) is 0. The molecule has 0 N–H and O–H groups in total. The van der Waals surface area contributed by atoms with Gasteiger partial charge in [0.05, 0.1) is 0 Å². The lowest BCUT2D eigenvalue weighted by atomic mass is 10.1. The van der Waals surface area contributed by atoms with Crippen molar-refractivity contribution in [3.8, 4) is 0 Å². The molecule has 0 rings (SSSR count). The zero-order valence-corrected chi connectivity index (χ0v) is 6.67. The van der Waals surface area contributed by atoms with E-state index in [1.807, 2.05) is 0 Å². The van der Waals surface area contributed by atoms with E-state index in [0.717, 1.165) is 6.42 Å². The highest BCUT2D eigenvalue weighted by molar-refractivity contribution is 7.81. The fraction of sp³-hybridized carbons (Fsp3) is 0.857. The molecular weight excluding hydrogens is 116 g/mol. The van der Waals surface area contributed by atoms with E-state index in [0.29, 0.717) is 0 Å². The highest BCUT2D eigenvalue weighted by atomic mass is 32.1. The Hall–Kier alpha value is 0.350. The molecule has 0 fully saturated rings. The van der Waals surface area contributed by atoms with Gasteiger partial charge >= 0.3 is 0 Å². The van der Waals surface area contributed by atoms with Gasteiger partial charge in [-0.25, -0.2) is 0 Å². The molecule has 0 aliphatic heterocycles. The first kappa shape index (κ1) is 8.35. The summed E-state index contributed by atoms with van der Waals surface area (Å²) < 4.78 is 0.206. The Bertz CT molecular complexity index is 51.9. The van der Waals surface area contributed by atoms with Crippen LogP contribution in [0.3, 0.4) is 0 Å². The van der Waals surface area contributed by atoms with Gasteiger partial charge in [0.1, 0.15) is 0 Å².